The molecule has 0 spiro atoms. The van der Waals surface area contributed by atoms with Gasteiger partial charge in [0.05, 0.1) is 5.39 Å². The third kappa shape index (κ3) is 3.10. The van der Waals surface area contributed by atoms with Crippen LogP contribution in [0.5, 0.6) is 0 Å². The predicted octanol–water partition coefficient (Wildman–Crippen LogP) is 8.70. The first kappa shape index (κ1) is 18.9. The third-order valence-corrected chi connectivity index (χ3v) is 6.47. The molecule has 0 radical (unpaired) electrons. The molecule has 3 heteroatoms. The number of fused-ring (bicyclic) bond motifs is 5. The number of aromatic nitrogens is 1. The Morgan fingerprint density at radius 3 is 2.12 bits per heavy atom. The second-order valence-electron chi connectivity index (χ2n) is 8.59. The number of nitrogens with zero attached hydrogens (tertiary/aromatic N) is 1. The van der Waals surface area contributed by atoms with Crippen LogP contribution in [-0.4, -0.2) is 4.98 Å². The van der Waals surface area contributed by atoms with Gasteiger partial charge in [0.2, 0.25) is 0 Å². The maximum atomic E-state index is 6.00. The lowest BCUT2D eigenvalue weighted by Crippen LogP contribution is -1.94. The molecule has 0 atom stereocenters. The van der Waals surface area contributed by atoms with Gasteiger partial charge in [-0.1, -0.05) is 72.8 Å². The Morgan fingerprint density at radius 2 is 1.24 bits per heavy atom. The summed E-state index contributed by atoms with van der Waals surface area (Å²) in [5.41, 5.74) is 5.14. The highest BCUT2D eigenvalue weighted by Gasteiger charge is 2.12. The highest BCUT2D eigenvalue weighted by atomic mass is 16.3. The first-order chi connectivity index (χ1) is 16.8. The number of furan rings is 1. The molecule has 0 bridgehead atoms. The minimum Gasteiger partial charge on any atom is -0.456 e. The molecule has 3 nitrogen and oxygen atoms in total. The maximum Gasteiger partial charge on any atom is 0.142 e. The van der Waals surface area contributed by atoms with Gasteiger partial charge in [0.1, 0.15) is 17.0 Å². The van der Waals surface area contributed by atoms with Crippen LogP contribution in [0.2, 0.25) is 0 Å². The summed E-state index contributed by atoms with van der Waals surface area (Å²) < 4.78 is 6.00. The van der Waals surface area contributed by atoms with E-state index in [-0.39, 0.29) is 0 Å². The van der Waals surface area contributed by atoms with Crippen LogP contribution in [0.3, 0.4) is 0 Å². The van der Waals surface area contributed by atoms with Crippen LogP contribution in [0.25, 0.3) is 54.6 Å². The van der Waals surface area contributed by atoms with Crippen LogP contribution in [0.4, 0.5) is 11.5 Å². The first-order valence-electron chi connectivity index (χ1n) is 11.4. The van der Waals surface area contributed by atoms with E-state index in [1.807, 2.05) is 24.3 Å². The zero-order valence-corrected chi connectivity index (χ0v) is 18.3. The summed E-state index contributed by atoms with van der Waals surface area (Å²) in [7, 11) is 0. The fourth-order valence-electron chi connectivity index (χ4n) is 4.77. The van der Waals surface area contributed by atoms with Crippen LogP contribution < -0.4 is 5.32 Å². The molecule has 1 N–H and O–H groups in total. The monoisotopic (exact) mass is 436 g/mol. The van der Waals surface area contributed by atoms with E-state index in [0.29, 0.717) is 0 Å². The summed E-state index contributed by atoms with van der Waals surface area (Å²) in [5, 5.41) is 10.5. The minimum atomic E-state index is 0.801. The molecule has 0 fully saturated rings. The van der Waals surface area contributed by atoms with Crippen molar-refractivity contribution in [2.75, 3.05) is 5.32 Å². The molecule has 5 aromatic carbocycles. The van der Waals surface area contributed by atoms with Crippen molar-refractivity contribution < 1.29 is 4.42 Å². The molecule has 0 amide bonds. The lowest BCUT2D eigenvalue weighted by atomic mass is 9.98. The Balaban J connectivity index is 1.26. The number of hydrogen-bond acceptors (Lipinski definition) is 3. The second-order valence-corrected chi connectivity index (χ2v) is 8.59. The van der Waals surface area contributed by atoms with Crippen molar-refractivity contribution >= 4 is 55.0 Å². The molecule has 2 aromatic heterocycles. The zero-order chi connectivity index (χ0) is 22.5. The van der Waals surface area contributed by atoms with Gasteiger partial charge < -0.3 is 9.73 Å². The van der Waals surface area contributed by atoms with Crippen molar-refractivity contribution in [3.05, 3.63) is 115 Å². The van der Waals surface area contributed by atoms with E-state index < -0.39 is 0 Å². The Hall–Kier alpha value is -4.63. The number of anilines is 2. The summed E-state index contributed by atoms with van der Waals surface area (Å²) >= 11 is 0. The van der Waals surface area contributed by atoms with E-state index in [1.165, 1.54) is 32.7 Å². The average Bonchev–Trinajstić information content (AvgIpc) is 3.28. The minimum absolute atomic E-state index is 0.801. The molecule has 0 saturated carbocycles. The molecule has 0 saturated heterocycles. The molecular weight excluding hydrogens is 416 g/mol. The summed E-state index contributed by atoms with van der Waals surface area (Å²) in [6, 6.07) is 38.2. The molecule has 160 valence electrons. The lowest BCUT2D eigenvalue weighted by molar-refractivity contribution is 0.668. The van der Waals surface area contributed by atoms with Crippen LogP contribution in [0, 0.1) is 0 Å². The van der Waals surface area contributed by atoms with E-state index >= 15 is 0 Å². The molecule has 7 rings (SSSR count). The Morgan fingerprint density at radius 1 is 0.559 bits per heavy atom. The largest absolute Gasteiger partial charge is 0.456 e. The van der Waals surface area contributed by atoms with Crippen molar-refractivity contribution in [1.82, 2.24) is 4.98 Å². The van der Waals surface area contributed by atoms with Gasteiger partial charge in [0, 0.05) is 17.3 Å². The topological polar surface area (TPSA) is 38.1 Å². The SMILES string of the molecule is c1ccc2cc(-c3ccc4cc(Nc5nccc6oc7ccccc7c56)ccc4c3)ccc2c1. The summed E-state index contributed by atoms with van der Waals surface area (Å²) in [5.74, 6) is 0.801. The number of rotatable bonds is 3. The van der Waals surface area contributed by atoms with E-state index in [1.54, 1.807) is 6.20 Å². The zero-order valence-electron chi connectivity index (χ0n) is 18.3. The number of benzene rings is 5. The fraction of sp³-hybridized carbons (Fsp3) is 0. The normalized spacial score (nSPS) is 11.5. The quantitative estimate of drug-likeness (QED) is 0.301. The summed E-state index contributed by atoms with van der Waals surface area (Å²) in [4.78, 5) is 4.61. The number of para-hydroxylation sites is 1. The molecule has 2 heterocycles. The fourth-order valence-corrected chi connectivity index (χ4v) is 4.77. The van der Waals surface area contributed by atoms with Gasteiger partial charge >= 0.3 is 0 Å². The Kier molecular flexibility index (Phi) is 4.15. The average molecular weight is 437 g/mol. The van der Waals surface area contributed by atoms with Gasteiger partial charge in [0.15, 0.2) is 0 Å². The molecule has 0 aliphatic heterocycles. The second kappa shape index (κ2) is 7.46. The van der Waals surface area contributed by atoms with Crippen LogP contribution in [0.1, 0.15) is 0 Å². The number of pyridine rings is 1. The first-order valence-corrected chi connectivity index (χ1v) is 11.4. The lowest BCUT2D eigenvalue weighted by Gasteiger charge is -2.10. The van der Waals surface area contributed by atoms with E-state index in [2.05, 4.69) is 95.2 Å². The van der Waals surface area contributed by atoms with Crippen molar-refractivity contribution in [3.8, 4) is 11.1 Å². The highest BCUT2D eigenvalue weighted by Crippen LogP contribution is 2.35. The van der Waals surface area contributed by atoms with Crippen LogP contribution >= 0.6 is 0 Å². The van der Waals surface area contributed by atoms with Gasteiger partial charge in [-0.3, -0.25) is 0 Å². The highest BCUT2D eigenvalue weighted by molar-refractivity contribution is 6.11. The van der Waals surface area contributed by atoms with Gasteiger partial charge in [0.25, 0.3) is 0 Å². The maximum absolute atomic E-state index is 6.00. The van der Waals surface area contributed by atoms with Crippen molar-refractivity contribution in [2.45, 2.75) is 0 Å². The summed E-state index contributed by atoms with van der Waals surface area (Å²) in [6.07, 6.45) is 1.78. The Bertz CT molecular complexity index is 1850. The molecule has 34 heavy (non-hydrogen) atoms. The van der Waals surface area contributed by atoms with Gasteiger partial charge in [-0.05, 0) is 69.1 Å². The molecule has 7 aromatic rings. The number of hydrogen-bond donors (Lipinski definition) is 1. The van der Waals surface area contributed by atoms with Crippen LogP contribution in [0.15, 0.2) is 120 Å². The van der Waals surface area contributed by atoms with E-state index in [4.69, 9.17) is 4.42 Å². The molecular formula is C31H20N2O. The van der Waals surface area contributed by atoms with Gasteiger partial charge in [-0.25, -0.2) is 4.98 Å². The third-order valence-electron chi connectivity index (χ3n) is 6.47. The van der Waals surface area contributed by atoms with E-state index in [0.717, 1.165) is 33.4 Å². The van der Waals surface area contributed by atoms with Crippen molar-refractivity contribution in [1.29, 1.82) is 0 Å². The molecule has 0 unspecified atom stereocenters. The smallest absolute Gasteiger partial charge is 0.142 e. The van der Waals surface area contributed by atoms with Crippen LogP contribution in [-0.2, 0) is 0 Å². The van der Waals surface area contributed by atoms with Crippen molar-refractivity contribution in [2.24, 2.45) is 0 Å². The molecule has 0 aliphatic rings. The van der Waals surface area contributed by atoms with Gasteiger partial charge in [-0.2, -0.15) is 0 Å². The van der Waals surface area contributed by atoms with E-state index in [9.17, 15) is 0 Å². The standard InChI is InChI=1S/C31H20N2O/c1-2-6-21-17-22(10-9-20(21)5-1)23-11-12-25-19-26(14-13-24(25)18-23)33-31-30-27-7-3-4-8-28(27)34-29(30)15-16-32-31/h1-19H,(H,32,33). The Labute approximate surface area is 196 Å². The number of nitrogens with one attached hydrogen (secondary N) is 1. The predicted molar refractivity (Wildman–Crippen MR) is 142 cm³/mol. The molecule has 0 aliphatic carbocycles. The van der Waals surface area contributed by atoms with Gasteiger partial charge in [-0.15, -0.1) is 0 Å². The summed E-state index contributed by atoms with van der Waals surface area (Å²) in [6.45, 7) is 0. The van der Waals surface area contributed by atoms with Crippen molar-refractivity contribution in [3.63, 3.8) is 0 Å².